The Morgan fingerprint density at radius 3 is 1.30 bits per heavy atom. The molecule has 0 amide bonds. The molecule has 0 fully saturated rings. The number of fused-ring (bicyclic) bond motifs is 6. The summed E-state index contributed by atoms with van der Waals surface area (Å²) in [6.45, 7) is 7.62. The Bertz CT molecular complexity index is 2540. The number of hydrogen-bond acceptors (Lipinski definition) is 0. The van der Waals surface area contributed by atoms with E-state index in [2.05, 4.69) is 160 Å². The zero-order chi connectivity index (χ0) is 30.6. The quantitative estimate of drug-likeness (QED) is 0.182. The minimum Gasteiger partial charge on any atom is -0.309 e. The normalized spacial score (nSPS) is 11.5. The molecule has 3 nitrogen and oxygen atoms in total. The van der Waals surface area contributed by atoms with Crippen molar-refractivity contribution in [1.82, 2.24) is 9.13 Å². The highest BCUT2D eigenvalue weighted by Crippen LogP contribution is 2.37. The Balaban J connectivity index is 1.25. The van der Waals surface area contributed by atoms with Crippen molar-refractivity contribution in [3.63, 3.8) is 0 Å². The van der Waals surface area contributed by atoms with Crippen LogP contribution in [0.2, 0.25) is 0 Å². The van der Waals surface area contributed by atoms with E-state index in [1.165, 1.54) is 43.6 Å². The van der Waals surface area contributed by atoms with E-state index in [1.807, 2.05) is 18.2 Å². The topological polar surface area (TPSA) is 14.2 Å². The highest BCUT2D eigenvalue weighted by Gasteiger charge is 2.15. The summed E-state index contributed by atoms with van der Waals surface area (Å²) < 4.78 is 4.72. The number of hydrogen-bond donors (Lipinski definition) is 0. The monoisotopic (exact) mass is 585 g/mol. The van der Waals surface area contributed by atoms with E-state index in [9.17, 15) is 0 Å². The van der Waals surface area contributed by atoms with E-state index < -0.39 is 0 Å². The maximum atomic E-state index is 7.62. The first kappa shape index (κ1) is 26.1. The van der Waals surface area contributed by atoms with Gasteiger partial charge < -0.3 is 9.13 Å². The fraction of sp³-hybridized carbons (Fsp3) is 0. The van der Waals surface area contributed by atoms with Crippen LogP contribution in [-0.2, 0) is 0 Å². The summed E-state index contributed by atoms with van der Waals surface area (Å²) in [5, 5.41) is 4.98. The van der Waals surface area contributed by atoms with Crippen LogP contribution >= 0.6 is 0 Å². The van der Waals surface area contributed by atoms with Gasteiger partial charge in [-0.1, -0.05) is 103 Å². The van der Waals surface area contributed by atoms with Gasteiger partial charge in [0.15, 0.2) is 5.69 Å². The molecule has 9 aromatic rings. The summed E-state index contributed by atoms with van der Waals surface area (Å²) in [5.74, 6) is 0. The minimum absolute atomic E-state index is 0.636. The molecule has 0 aliphatic rings. The molecule has 0 bridgehead atoms. The third kappa shape index (κ3) is 4.05. The summed E-state index contributed by atoms with van der Waals surface area (Å²) in [5.41, 5.74) is 12.0. The van der Waals surface area contributed by atoms with Gasteiger partial charge in [-0.05, 0) is 82.9 Å². The smallest absolute Gasteiger partial charge is 0.187 e. The lowest BCUT2D eigenvalue weighted by atomic mass is 9.97. The van der Waals surface area contributed by atoms with Crippen LogP contribution in [0.4, 0.5) is 5.69 Å². The zero-order valence-electron chi connectivity index (χ0n) is 24.9. The third-order valence-corrected chi connectivity index (χ3v) is 9.10. The summed E-state index contributed by atoms with van der Waals surface area (Å²) >= 11 is 0. The average Bonchev–Trinajstić information content (AvgIpc) is 3.65. The molecule has 0 aliphatic carbocycles. The lowest BCUT2D eigenvalue weighted by Crippen LogP contribution is -1.96. The number of aromatic nitrogens is 2. The second-order valence-corrected chi connectivity index (χ2v) is 11.7. The second kappa shape index (κ2) is 10.4. The van der Waals surface area contributed by atoms with Crippen LogP contribution in [0.25, 0.3) is 82.1 Å². The number of nitrogens with zero attached hydrogens (tertiary/aromatic N) is 3. The summed E-state index contributed by atoms with van der Waals surface area (Å²) in [6, 6.07) is 58.0. The van der Waals surface area contributed by atoms with Crippen LogP contribution in [0.3, 0.4) is 0 Å². The maximum Gasteiger partial charge on any atom is 0.187 e. The van der Waals surface area contributed by atoms with Gasteiger partial charge in [-0.25, -0.2) is 4.85 Å². The molecule has 2 aromatic heterocycles. The van der Waals surface area contributed by atoms with Gasteiger partial charge in [0.1, 0.15) is 0 Å². The van der Waals surface area contributed by atoms with Crippen molar-refractivity contribution in [2.24, 2.45) is 0 Å². The van der Waals surface area contributed by atoms with Crippen molar-refractivity contribution >= 4 is 49.3 Å². The van der Waals surface area contributed by atoms with Crippen LogP contribution in [0.1, 0.15) is 0 Å². The molecule has 2 heterocycles. The molecule has 0 radical (unpaired) electrons. The lowest BCUT2D eigenvalue weighted by Gasteiger charge is -2.15. The highest BCUT2D eigenvalue weighted by atomic mass is 15.0. The molecule has 0 aliphatic heterocycles. The minimum atomic E-state index is 0.636. The Morgan fingerprint density at radius 2 is 0.804 bits per heavy atom. The Labute approximate surface area is 266 Å². The summed E-state index contributed by atoms with van der Waals surface area (Å²) in [6.07, 6.45) is 0. The fourth-order valence-electron chi connectivity index (χ4n) is 7.03. The molecule has 0 saturated carbocycles. The van der Waals surface area contributed by atoms with E-state index in [0.717, 1.165) is 33.6 Å². The first-order valence-electron chi connectivity index (χ1n) is 15.5. The van der Waals surface area contributed by atoms with Crippen molar-refractivity contribution in [3.8, 4) is 33.6 Å². The average molecular weight is 586 g/mol. The van der Waals surface area contributed by atoms with Crippen molar-refractivity contribution < 1.29 is 0 Å². The Hall–Kier alpha value is -6.37. The van der Waals surface area contributed by atoms with Crippen LogP contribution in [0, 0.1) is 6.57 Å². The van der Waals surface area contributed by atoms with E-state index in [-0.39, 0.29) is 0 Å². The van der Waals surface area contributed by atoms with Gasteiger partial charge in [-0.3, -0.25) is 0 Å². The number of benzene rings is 7. The molecule has 0 saturated heterocycles. The largest absolute Gasteiger partial charge is 0.309 e. The van der Waals surface area contributed by atoms with Crippen LogP contribution in [0.5, 0.6) is 0 Å². The van der Waals surface area contributed by atoms with E-state index in [1.54, 1.807) is 0 Å². The zero-order valence-corrected chi connectivity index (χ0v) is 24.9. The molecular formula is C43H27N3. The predicted molar refractivity (Wildman–Crippen MR) is 192 cm³/mol. The van der Waals surface area contributed by atoms with Crippen molar-refractivity contribution in [2.45, 2.75) is 0 Å². The van der Waals surface area contributed by atoms with Crippen LogP contribution < -0.4 is 0 Å². The number of rotatable bonds is 4. The first-order chi connectivity index (χ1) is 22.8. The standard InChI is InChI=1S/C43H27N3/c1-44-33-12-10-11-30(26-33)32-25-31(27-35(28-32)46-42-19-8-4-15-38(42)39-16-5-9-20-43(39)46)29-21-23-34(24-22-29)45-40-17-6-2-13-36(40)37-14-3-7-18-41(37)45/h2-28H. The number of para-hydroxylation sites is 4. The fourth-order valence-corrected chi connectivity index (χ4v) is 7.03. The predicted octanol–water partition coefficient (Wildman–Crippen LogP) is 11.8. The van der Waals surface area contributed by atoms with Crippen LogP contribution in [-0.4, -0.2) is 9.13 Å². The molecule has 7 aromatic carbocycles. The van der Waals surface area contributed by atoms with Crippen molar-refractivity contribution in [3.05, 3.63) is 175 Å². The van der Waals surface area contributed by atoms with E-state index in [4.69, 9.17) is 6.57 Å². The van der Waals surface area contributed by atoms with Gasteiger partial charge in [0.25, 0.3) is 0 Å². The van der Waals surface area contributed by atoms with Gasteiger partial charge in [0.2, 0.25) is 0 Å². The van der Waals surface area contributed by atoms with E-state index >= 15 is 0 Å². The third-order valence-electron chi connectivity index (χ3n) is 9.10. The van der Waals surface area contributed by atoms with Gasteiger partial charge in [0.05, 0.1) is 28.6 Å². The second-order valence-electron chi connectivity index (χ2n) is 11.7. The lowest BCUT2D eigenvalue weighted by molar-refractivity contribution is 1.18. The molecule has 46 heavy (non-hydrogen) atoms. The first-order valence-corrected chi connectivity index (χ1v) is 15.5. The molecule has 0 atom stereocenters. The van der Waals surface area contributed by atoms with Gasteiger partial charge in [-0.15, -0.1) is 0 Å². The van der Waals surface area contributed by atoms with Crippen molar-refractivity contribution in [1.29, 1.82) is 0 Å². The Kier molecular flexibility index (Phi) is 5.88. The van der Waals surface area contributed by atoms with Crippen molar-refractivity contribution in [2.75, 3.05) is 0 Å². The SMILES string of the molecule is [C-]#[N+]c1cccc(-c2cc(-c3ccc(-n4c5ccccc5c5ccccc54)cc3)cc(-n3c4ccccc4c4ccccc43)c2)c1. The molecular weight excluding hydrogens is 558 g/mol. The Morgan fingerprint density at radius 1 is 0.348 bits per heavy atom. The van der Waals surface area contributed by atoms with Crippen LogP contribution in [0.15, 0.2) is 164 Å². The van der Waals surface area contributed by atoms with Gasteiger partial charge in [0, 0.05) is 32.9 Å². The summed E-state index contributed by atoms with van der Waals surface area (Å²) in [4.78, 5) is 3.71. The molecule has 214 valence electrons. The molecule has 0 spiro atoms. The maximum absolute atomic E-state index is 7.62. The molecule has 0 N–H and O–H groups in total. The molecule has 0 unspecified atom stereocenters. The molecule has 9 rings (SSSR count). The van der Waals surface area contributed by atoms with E-state index in [0.29, 0.717) is 5.69 Å². The molecule has 3 heteroatoms. The highest BCUT2D eigenvalue weighted by molar-refractivity contribution is 6.10. The van der Waals surface area contributed by atoms with Gasteiger partial charge in [-0.2, -0.15) is 0 Å². The van der Waals surface area contributed by atoms with Gasteiger partial charge >= 0.3 is 0 Å². The summed E-state index contributed by atoms with van der Waals surface area (Å²) in [7, 11) is 0.